The summed E-state index contributed by atoms with van der Waals surface area (Å²) in [5.74, 6) is 0.0373. The average Bonchev–Trinajstić information content (AvgIpc) is 3.05. The van der Waals surface area contributed by atoms with Crippen LogP contribution in [0.2, 0.25) is 0 Å². The number of amides is 2. The van der Waals surface area contributed by atoms with Gasteiger partial charge in [-0.05, 0) is 24.3 Å². The molecule has 3 aromatic rings. The van der Waals surface area contributed by atoms with Crippen LogP contribution in [0.5, 0.6) is 0 Å². The van der Waals surface area contributed by atoms with Crippen molar-refractivity contribution in [1.82, 2.24) is 25.3 Å². The maximum atomic E-state index is 11.7. The van der Waals surface area contributed by atoms with E-state index in [1.807, 2.05) is 12.1 Å². The van der Waals surface area contributed by atoms with E-state index in [1.165, 1.54) is 6.33 Å². The van der Waals surface area contributed by atoms with Gasteiger partial charge < -0.3 is 20.4 Å². The van der Waals surface area contributed by atoms with Crippen LogP contribution >= 0.6 is 15.9 Å². The molecule has 10 heteroatoms. The fraction of sp³-hybridized carbons (Fsp3) is 0.188. The lowest BCUT2D eigenvalue weighted by Gasteiger charge is -2.07. The van der Waals surface area contributed by atoms with Crippen LogP contribution in [0.1, 0.15) is 12.2 Å². The highest BCUT2D eigenvalue weighted by atomic mass is 79.9. The van der Waals surface area contributed by atoms with E-state index < -0.39 is 12.0 Å². The highest BCUT2D eigenvalue weighted by Gasteiger charge is 2.08. The molecule has 0 unspecified atom stereocenters. The molecule has 0 atom stereocenters. The number of nitrogens with one attached hydrogen (secondary N) is 3. The Bertz CT molecular complexity index is 879. The van der Waals surface area contributed by atoms with Gasteiger partial charge in [0.2, 0.25) is 0 Å². The van der Waals surface area contributed by atoms with Gasteiger partial charge in [0.15, 0.2) is 5.65 Å². The highest BCUT2D eigenvalue weighted by molar-refractivity contribution is 9.10. The summed E-state index contributed by atoms with van der Waals surface area (Å²) in [6, 6.07) is 6.76. The van der Waals surface area contributed by atoms with Crippen molar-refractivity contribution in [1.29, 1.82) is 0 Å². The number of halogens is 1. The van der Waals surface area contributed by atoms with Crippen molar-refractivity contribution >= 4 is 44.8 Å². The molecule has 1 aromatic carbocycles. The number of H-pyrrole nitrogens is 1. The van der Waals surface area contributed by atoms with E-state index in [1.54, 1.807) is 18.3 Å². The van der Waals surface area contributed by atoms with Crippen LogP contribution < -0.4 is 10.6 Å². The second kappa shape index (κ2) is 8.39. The van der Waals surface area contributed by atoms with E-state index >= 15 is 0 Å². The molecule has 3 rings (SSSR count). The number of aromatic amines is 1. The van der Waals surface area contributed by atoms with Crippen molar-refractivity contribution in [2.24, 2.45) is 0 Å². The number of carbonyl (C=O) groups is 2. The Morgan fingerprint density at radius 1 is 1.23 bits per heavy atom. The van der Waals surface area contributed by atoms with Gasteiger partial charge in [-0.3, -0.25) is 4.79 Å². The number of ether oxygens (including phenoxy) is 1. The Balaban J connectivity index is 1.37. The molecule has 0 spiro atoms. The topological polar surface area (TPSA) is 122 Å². The molecule has 3 N–H and O–H groups in total. The van der Waals surface area contributed by atoms with Gasteiger partial charge in [0, 0.05) is 16.7 Å². The Morgan fingerprint density at radius 2 is 2.04 bits per heavy atom. The van der Waals surface area contributed by atoms with Crippen molar-refractivity contribution in [3.05, 3.63) is 47.1 Å². The summed E-state index contributed by atoms with van der Waals surface area (Å²) in [4.78, 5) is 38.5. The minimum Gasteiger partial charge on any atom is -0.457 e. The molecule has 0 bridgehead atoms. The highest BCUT2D eigenvalue weighted by Crippen LogP contribution is 2.13. The first-order valence-electron chi connectivity index (χ1n) is 7.71. The summed E-state index contributed by atoms with van der Waals surface area (Å²) in [7, 11) is 0. The van der Waals surface area contributed by atoms with Crippen LogP contribution in [0, 0.1) is 0 Å². The molecule has 2 heterocycles. The van der Waals surface area contributed by atoms with Gasteiger partial charge in [0.1, 0.15) is 24.3 Å². The average molecular weight is 419 g/mol. The zero-order chi connectivity index (χ0) is 18.4. The number of esters is 1. The first-order chi connectivity index (χ1) is 12.6. The lowest BCUT2D eigenvalue weighted by molar-refractivity contribution is -0.145. The molecule has 134 valence electrons. The zero-order valence-corrected chi connectivity index (χ0v) is 15.1. The summed E-state index contributed by atoms with van der Waals surface area (Å²) in [6.07, 6.45) is 3.03. The quantitative estimate of drug-likeness (QED) is 0.528. The van der Waals surface area contributed by atoms with Gasteiger partial charge in [-0.15, -0.1) is 0 Å². The van der Waals surface area contributed by atoms with Crippen LogP contribution in [0.25, 0.3) is 11.2 Å². The number of anilines is 1. The van der Waals surface area contributed by atoms with Gasteiger partial charge in [0.05, 0.1) is 12.6 Å². The predicted octanol–water partition coefficient (Wildman–Crippen LogP) is 2.37. The largest absolute Gasteiger partial charge is 0.457 e. The van der Waals surface area contributed by atoms with Crippen molar-refractivity contribution in [2.75, 3.05) is 11.9 Å². The fourth-order valence-electron chi connectivity index (χ4n) is 2.09. The monoisotopic (exact) mass is 418 g/mol. The van der Waals surface area contributed by atoms with E-state index in [9.17, 15) is 9.59 Å². The minimum atomic E-state index is -0.444. The number of hydrogen-bond donors (Lipinski definition) is 3. The standard InChI is InChI=1S/C16H15BrN6O3/c17-10-1-3-11(4-2-10)21-16(25)19-6-5-14(24)26-8-13-22-12-7-18-9-20-15(12)23-13/h1-4,7,9H,5-6,8H2,(H2,19,21,25)(H,18,20,22,23). The van der Waals surface area contributed by atoms with Crippen LogP contribution in [0.15, 0.2) is 41.3 Å². The molecular formula is C16H15BrN6O3. The Kier molecular flexibility index (Phi) is 5.74. The molecule has 2 aromatic heterocycles. The van der Waals surface area contributed by atoms with E-state index in [0.29, 0.717) is 22.7 Å². The SMILES string of the molecule is O=C(NCCC(=O)OCc1nc2ncncc2[nH]1)Nc1ccc(Br)cc1. The van der Waals surface area contributed by atoms with Crippen LogP contribution in [-0.4, -0.2) is 38.5 Å². The molecule has 26 heavy (non-hydrogen) atoms. The number of benzene rings is 1. The summed E-state index contributed by atoms with van der Waals surface area (Å²) in [6.45, 7) is 0.160. The lowest BCUT2D eigenvalue weighted by atomic mass is 10.3. The van der Waals surface area contributed by atoms with Crippen LogP contribution in [0.3, 0.4) is 0 Å². The smallest absolute Gasteiger partial charge is 0.319 e. The molecule has 0 saturated carbocycles. The van der Waals surface area contributed by atoms with Gasteiger partial charge in [0.25, 0.3) is 0 Å². The van der Waals surface area contributed by atoms with Gasteiger partial charge >= 0.3 is 12.0 Å². The third-order valence-corrected chi connectivity index (χ3v) is 3.83. The molecule has 9 nitrogen and oxygen atoms in total. The maximum absolute atomic E-state index is 11.7. The first-order valence-corrected chi connectivity index (χ1v) is 8.50. The Hall–Kier alpha value is -3.01. The first kappa shape index (κ1) is 17.8. The van der Waals surface area contributed by atoms with Gasteiger partial charge in [-0.25, -0.2) is 19.7 Å². The number of fused-ring (bicyclic) bond motifs is 1. The van der Waals surface area contributed by atoms with Crippen molar-refractivity contribution in [3.8, 4) is 0 Å². The molecule has 0 aliphatic carbocycles. The summed E-state index contributed by atoms with van der Waals surface area (Å²) in [5.41, 5.74) is 1.84. The van der Waals surface area contributed by atoms with E-state index in [-0.39, 0.29) is 19.6 Å². The number of rotatable bonds is 6. The molecule has 2 amide bonds. The minimum absolute atomic E-state index is 0.000281. The summed E-state index contributed by atoms with van der Waals surface area (Å²) < 4.78 is 6.03. The summed E-state index contributed by atoms with van der Waals surface area (Å²) >= 11 is 3.32. The van der Waals surface area contributed by atoms with E-state index in [4.69, 9.17) is 4.74 Å². The van der Waals surface area contributed by atoms with E-state index in [2.05, 4.69) is 46.5 Å². The normalized spacial score (nSPS) is 10.5. The van der Waals surface area contributed by atoms with Crippen molar-refractivity contribution < 1.29 is 14.3 Å². The number of aromatic nitrogens is 4. The third-order valence-electron chi connectivity index (χ3n) is 3.30. The zero-order valence-electron chi connectivity index (χ0n) is 13.5. The molecule has 0 fully saturated rings. The maximum Gasteiger partial charge on any atom is 0.319 e. The van der Waals surface area contributed by atoms with Gasteiger partial charge in [-0.2, -0.15) is 0 Å². The Labute approximate surface area is 156 Å². The second-order valence-electron chi connectivity index (χ2n) is 5.24. The van der Waals surface area contributed by atoms with Crippen molar-refractivity contribution in [3.63, 3.8) is 0 Å². The fourth-order valence-corrected chi connectivity index (χ4v) is 2.35. The van der Waals surface area contributed by atoms with E-state index in [0.717, 1.165) is 4.47 Å². The van der Waals surface area contributed by atoms with Crippen LogP contribution in [0.4, 0.5) is 10.5 Å². The molecule has 0 saturated heterocycles. The molecular weight excluding hydrogens is 404 g/mol. The second-order valence-corrected chi connectivity index (χ2v) is 6.16. The van der Waals surface area contributed by atoms with Gasteiger partial charge in [-0.1, -0.05) is 15.9 Å². The summed E-state index contributed by atoms with van der Waals surface area (Å²) in [5, 5.41) is 5.26. The molecule has 0 aliphatic rings. The number of hydrogen-bond acceptors (Lipinski definition) is 6. The number of nitrogens with zero attached hydrogens (tertiary/aromatic N) is 3. The molecule has 0 radical (unpaired) electrons. The van der Waals surface area contributed by atoms with Crippen LogP contribution in [-0.2, 0) is 16.1 Å². The predicted molar refractivity (Wildman–Crippen MR) is 97.3 cm³/mol. The number of carbonyl (C=O) groups excluding carboxylic acids is 2. The lowest BCUT2D eigenvalue weighted by Crippen LogP contribution is -2.30. The van der Waals surface area contributed by atoms with Crippen molar-refractivity contribution in [2.45, 2.75) is 13.0 Å². The number of imidazole rings is 1. The molecule has 0 aliphatic heterocycles. The number of urea groups is 1. The Morgan fingerprint density at radius 3 is 2.81 bits per heavy atom. The third kappa shape index (κ3) is 4.99.